The molecular weight excluding hydrogens is 585 g/mol. The van der Waals surface area contributed by atoms with Gasteiger partial charge in [-0.3, -0.25) is 9.59 Å². The van der Waals surface area contributed by atoms with Crippen LogP contribution in [0.3, 0.4) is 0 Å². The molecule has 14 heteroatoms. The van der Waals surface area contributed by atoms with Gasteiger partial charge in [-0.25, -0.2) is 19.2 Å². The average molecular weight is 614 g/mol. The van der Waals surface area contributed by atoms with Crippen molar-refractivity contribution >= 4 is 35.3 Å². The first kappa shape index (κ1) is 30.1. The number of carbonyl (C=O) groups is 3. The summed E-state index contributed by atoms with van der Waals surface area (Å²) < 4.78 is 24.5. The predicted octanol–water partition coefficient (Wildman–Crippen LogP) is 2.79. The van der Waals surface area contributed by atoms with Crippen molar-refractivity contribution in [1.82, 2.24) is 20.2 Å². The molecule has 226 valence electrons. The molecule has 1 aromatic heterocycles. The molecule has 2 aliphatic rings. The largest absolute Gasteiger partial charge is 0.497 e. The number of anilines is 1. The highest BCUT2D eigenvalue weighted by atomic mass is 35.5. The third-order valence-electron chi connectivity index (χ3n) is 7.34. The Morgan fingerprint density at radius 1 is 1.23 bits per heavy atom. The standard InChI is InChI=1S/C29H29ClFN5O7/c1-42-20-9-17(8-18(31)11-20)23(14-37)34-26(38)25(28(40)41)36-13-16-3-2-15(10-21(16)27(36)39)24-22(30)12-32-29(35-24)33-19-4-6-43-7-5-19/h2-3,8-12,19,23,25,37H,4-7,13-14H2,1H3,(H,34,38)(H,40,41)(H,32,33,35)/t23-,25-/m1/s1. The van der Waals surface area contributed by atoms with Gasteiger partial charge in [-0.15, -0.1) is 0 Å². The molecule has 0 bridgehead atoms. The minimum atomic E-state index is -1.93. The minimum absolute atomic E-state index is 0.144. The second-order valence-corrected chi connectivity index (χ2v) is 10.5. The summed E-state index contributed by atoms with van der Waals surface area (Å²) in [6.45, 7) is 0.464. The molecule has 3 aromatic rings. The molecule has 0 saturated carbocycles. The van der Waals surface area contributed by atoms with Gasteiger partial charge in [-0.1, -0.05) is 23.7 Å². The van der Waals surface area contributed by atoms with Gasteiger partial charge in [0.1, 0.15) is 11.6 Å². The van der Waals surface area contributed by atoms with Crippen molar-refractivity contribution in [2.45, 2.75) is 37.5 Å². The zero-order chi connectivity index (χ0) is 30.7. The molecule has 3 heterocycles. The molecule has 4 N–H and O–H groups in total. The molecule has 0 aliphatic carbocycles. The average Bonchev–Trinajstić information content (AvgIpc) is 3.31. The molecular formula is C29H29ClFN5O7. The Morgan fingerprint density at radius 3 is 2.70 bits per heavy atom. The van der Waals surface area contributed by atoms with Crippen LogP contribution in [0.4, 0.5) is 10.3 Å². The van der Waals surface area contributed by atoms with E-state index in [-0.39, 0.29) is 34.5 Å². The Labute approximate surface area is 250 Å². The highest BCUT2D eigenvalue weighted by Crippen LogP contribution is 2.33. The maximum Gasteiger partial charge on any atom is 0.336 e. The lowest BCUT2D eigenvalue weighted by Gasteiger charge is -2.26. The van der Waals surface area contributed by atoms with E-state index in [1.54, 1.807) is 18.2 Å². The van der Waals surface area contributed by atoms with Gasteiger partial charge in [0, 0.05) is 43.0 Å². The summed E-state index contributed by atoms with van der Waals surface area (Å²) in [6.07, 6.45) is 3.07. The van der Waals surface area contributed by atoms with E-state index in [2.05, 4.69) is 20.6 Å². The number of ether oxygens (including phenoxy) is 2. The quantitative estimate of drug-likeness (QED) is 0.250. The summed E-state index contributed by atoms with van der Waals surface area (Å²) in [5.41, 5.74) is 1.74. The van der Waals surface area contributed by atoms with Gasteiger partial charge in [0.15, 0.2) is 0 Å². The van der Waals surface area contributed by atoms with Crippen molar-refractivity contribution in [3.8, 4) is 17.0 Å². The van der Waals surface area contributed by atoms with Crippen LogP contribution in [-0.2, 0) is 20.9 Å². The monoisotopic (exact) mass is 613 g/mol. The number of nitrogens with one attached hydrogen (secondary N) is 2. The maximum atomic E-state index is 14.0. The topological polar surface area (TPSA) is 163 Å². The Balaban J connectivity index is 1.36. The minimum Gasteiger partial charge on any atom is -0.497 e. The first-order valence-corrected chi connectivity index (χ1v) is 13.9. The third-order valence-corrected chi connectivity index (χ3v) is 7.62. The van der Waals surface area contributed by atoms with Crippen LogP contribution in [0, 0.1) is 5.82 Å². The number of aromatic nitrogens is 2. The second kappa shape index (κ2) is 12.9. The lowest BCUT2D eigenvalue weighted by molar-refractivity contribution is -0.148. The summed E-state index contributed by atoms with van der Waals surface area (Å²) in [4.78, 5) is 48.7. The Hall–Kier alpha value is -4.33. The van der Waals surface area contributed by atoms with Crippen molar-refractivity contribution in [3.05, 3.63) is 70.1 Å². The van der Waals surface area contributed by atoms with E-state index in [4.69, 9.17) is 21.1 Å². The van der Waals surface area contributed by atoms with E-state index in [0.717, 1.165) is 29.9 Å². The van der Waals surface area contributed by atoms with Gasteiger partial charge in [0.25, 0.3) is 11.8 Å². The second-order valence-electron chi connectivity index (χ2n) is 10.1. The molecule has 2 amide bonds. The Bertz CT molecular complexity index is 1550. The summed E-state index contributed by atoms with van der Waals surface area (Å²) in [7, 11) is 1.33. The number of amides is 2. The number of rotatable bonds is 10. The number of aliphatic hydroxyl groups excluding tert-OH is 1. The first-order chi connectivity index (χ1) is 20.7. The number of hydrogen-bond donors (Lipinski definition) is 4. The number of aliphatic carboxylic acids is 1. The van der Waals surface area contributed by atoms with Crippen molar-refractivity contribution in [2.75, 3.05) is 32.2 Å². The summed E-state index contributed by atoms with van der Waals surface area (Å²) in [5.74, 6) is -3.47. The Morgan fingerprint density at radius 2 is 2.00 bits per heavy atom. The lowest BCUT2D eigenvalue weighted by atomic mass is 10.0. The molecule has 1 fully saturated rings. The fourth-order valence-electron chi connectivity index (χ4n) is 5.12. The molecule has 5 rings (SSSR count). The predicted molar refractivity (Wildman–Crippen MR) is 152 cm³/mol. The van der Waals surface area contributed by atoms with E-state index in [1.807, 2.05) is 0 Å². The van der Waals surface area contributed by atoms with Crippen molar-refractivity contribution in [3.63, 3.8) is 0 Å². The van der Waals surface area contributed by atoms with E-state index in [9.17, 15) is 29.0 Å². The number of benzene rings is 2. The zero-order valence-corrected chi connectivity index (χ0v) is 23.8. The molecule has 2 aliphatic heterocycles. The fraction of sp³-hybridized carbons (Fsp3) is 0.345. The number of hydrogen-bond acceptors (Lipinski definition) is 9. The maximum absolute atomic E-state index is 14.0. The van der Waals surface area contributed by atoms with Crippen LogP contribution in [0.15, 0.2) is 42.6 Å². The van der Waals surface area contributed by atoms with E-state index >= 15 is 0 Å². The molecule has 2 aromatic carbocycles. The van der Waals surface area contributed by atoms with Gasteiger partial charge < -0.3 is 35.2 Å². The molecule has 0 radical (unpaired) electrons. The van der Waals surface area contributed by atoms with Crippen LogP contribution >= 0.6 is 11.6 Å². The van der Waals surface area contributed by atoms with Crippen LogP contribution in [-0.4, -0.2) is 81.9 Å². The van der Waals surface area contributed by atoms with E-state index in [1.165, 1.54) is 19.4 Å². The number of fused-ring (bicyclic) bond motifs is 1. The van der Waals surface area contributed by atoms with Crippen molar-refractivity contribution < 1.29 is 38.5 Å². The summed E-state index contributed by atoms with van der Waals surface area (Å²) in [5, 5.41) is 25.8. The zero-order valence-electron chi connectivity index (χ0n) is 23.0. The molecule has 2 atom stereocenters. The van der Waals surface area contributed by atoms with Gasteiger partial charge in [-0.05, 0) is 42.2 Å². The summed E-state index contributed by atoms with van der Waals surface area (Å²) >= 11 is 6.41. The highest BCUT2D eigenvalue weighted by molar-refractivity contribution is 6.33. The molecule has 12 nitrogen and oxygen atoms in total. The van der Waals surface area contributed by atoms with Crippen molar-refractivity contribution in [2.24, 2.45) is 0 Å². The number of carboxylic acids is 1. The van der Waals surface area contributed by atoms with Crippen LogP contribution in [0.25, 0.3) is 11.3 Å². The van der Waals surface area contributed by atoms with Crippen LogP contribution in [0.5, 0.6) is 5.75 Å². The van der Waals surface area contributed by atoms with Crippen LogP contribution in [0.2, 0.25) is 5.02 Å². The van der Waals surface area contributed by atoms with Crippen LogP contribution < -0.4 is 15.4 Å². The number of halogens is 2. The van der Waals surface area contributed by atoms with Gasteiger partial charge in [0.2, 0.25) is 12.0 Å². The lowest BCUT2D eigenvalue weighted by Crippen LogP contribution is -2.52. The molecule has 0 unspecified atom stereocenters. The third kappa shape index (κ3) is 6.53. The number of carbonyl (C=O) groups excluding carboxylic acids is 2. The smallest absolute Gasteiger partial charge is 0.336 e. The van der Waals surface area contributed by atoms with E-state index in [0.29, 0.717) is 36.0 Å². The number of nitrogens with zero attached hydrogens (tertiary/aromatic N) is 3. The van der Waals surface area contributed by atoms with Gasteiger partial charge in [0.05, 0.1) is 36.7 Å². The van der Waals surface area contributed by atoms with Gasteiger partial charge in [-0.2, -0.15) is 0 Å². The number of aliphatic hydroxyl groups is 1. The molecule has 43 heavy (non-hydrogen) atoms. The molecule has 0 spiro atoms. The summed E-state index contributed by atoms with van der Waals surface area (Å²) in [6, 6.07) is 5.58. The molecule has 1 saturated heterocycles. The van der Waals surface area contributed by atoms with Crippen molar-refractivity contribution in [1.29, 1.82) is 0 Å². The highest BCUT2D eigenvalue weighted by Gasteiger charge is 2.41. The number of methoxy groups -OCH3 is 1. The number of carboxylic acid groups (broad SMARTS) is 1. The van der Waals surface area contributed by atoms with E-state index < -0.39 is 42.3 Å². The fourth-order valence-corrected chi connectivity index (χ4v) is 5.32. The first-order valence-electron chi connectivity index (χ1n) is 13.5. The Kier molecular flexibility index (Phi) is 9.04. The van der Waals surface area contributed by atoms with Gasteiger partial charge >= 0.3 is 5.97 Å². The normalized spacial score (nSPS) is 16.4. The SMILES string of the molecule is COc1cc(F)cc([C@@H](CO)NC(=O)[C@H](C(=O)O)N2Cc3ccc(-c4nc(NC5CCOCC5)ncc4Cl)cc3C2=O)c1. The van der Waals surface area contributed by atoms with Crippen LogP contribution in [0.1, 0.15) is 40.4 Å².